The summed E-state index contributed by atoms with van der Waals surface area (Å²) in [6.07, 6.45) is -1.86. The summed E-state index contributed by atoms with van der Waals surface area (Å²) in [6.45, 7) is 0.731. The highest BCUT2D eigenvalue weighted by atomic mass is 19.3. The van der Waals surface area contributed by atoms with Crippen molar-refractivity contribution in [1.29, 1.82) is 0 Å². The number of aliphatic carboxylic acids is 1. The van der Waals surface area contributed by atoms with Crippen molar-refractivity contribution in [2.24, 2.45) is 5.92 Å². The van der Waals surface area contributed by atoms with E-state index in [1.807, 2.05) is 0 Å². The molecule has 1 fully saturated rings. The molecule has 0 aliphatic carbocycles. The largest absolute Gasteiger partial charge is 0.481 e. The van der Waals surface area contributed by atoms with Crippen LogP contribution in [-0.4, -0.2) is 45.1 Å². The molecule has 7 nitrogen and oxygen atoms in total. The summed E-state index contributed by atoms with van der Waals surface area (Å²) in [4.78, 5) is 31.0. The van der Waals surface area contributed by atoms with Gasteiger partial charge < -0.3 is 20.3 Å². The molecule has 2 aromatic rings. The van der Waals surface area contributed by atoms with E-state index in [4.69, 9.17) is 5.11 Å². The first-order valence-corrected chi connectivity index (χ1v) is 7.50. The van der Waals surface area contributed by atoms with E-state index in [-0.39, 0.29) is 6.03 Å². The van der Waals surface area contributed by atoms with Crippen LogP contribution >= 0.6 is 0 Å². The molecule has 1 saturated heterocycles. The van der Waals surface area contributed by atoms with Gasteiger partial charge in [-0.2, -0.15) is 0 Å². The number of carboxylic acids is 1. The number of aromatic nitrogens is 2. The van der Waals surface area contributed by atoms with E-state index in [9.17, 15) is 18.4 Å². The zero-order valence-corrected chi connectivity index (χ0v) is 12.6. The molecule has 1 aliphatic rings. The van der Waals surface area contributed by atoms with E-state index >= 15 is 0 Å². The number of aromatic amines is 1. The molecule has 0 saturated carbocycles. The van der Waals surface area contributed by atoms with Gasteiger partial charge >= 0.3 is 12.0 Å². The highest BCUT2D eigenvalue weighted by molar-refractivity contribution is 5.92. The number of imidazole rings is 1. The summed E-state index contributed by atoms with van der Waals surface area (Å²) >= 11 is 0. The lowest BCUT2D eigenvalue weighted by atomic mass is 9.97. The van der Waals surface area contributed by atoms with Crippen LogP contribution in [-0.2, 0) is 4.79 Å². The number of halogens is 2. The molecule has 0 atom stereocenters. The standard InChI is InChI=1S/C15H16F2N4O3/c16-12(17)13-19-10-2-1-9(7-11(10)20-13)18-15(24)21-5-3-8(4-6-21)14(22)23/h1-2,7-8,12H,3-6H2,(H,18,24)(H,19,20)(H,22,23). The number of nitrogens with one attached hydrogen (secondary N) is 2. The number of amides is 2. The quantitative estimate of drug-likeness (QED) is 0.801. The number of likely N-dealkylation sites (tertiary alicyclic amines) is 1. The number of hydrogen-bond donors (Lipinski definition) is 3. The number of alkyl halides is 2. The minimum Gasteiger partial charge on any atom is -0.481 e. The molecule has 24 heavy (non-hydrogen) atoms. The molecule has 3 N–H and O–H groups in total. The van der Waals surface area contributed by atoms with Crippen LogP contribution < -0.4 is 5.32 Å². The highest BCUT2D eigenvalue weighted by Crippen LogP contribution is 2.23. The summed E-state index contributed by atoms with van der Waals surface area (Å²) in [7, 11) is 0. The molecule has 9 heteroatoms. The van der Waals surface area contributed by atoms with Crippen molar-refractivity contribution in [2.75, 3.05) is 18.4 Å². The lowest BCUT2D eigenvalue weighted by molar-refractivity contribution is -0.143. The molecular weight excluding hydrogens is 322 g/mol. The van der Waals surface area contributed by atoms with Crippen LogP contribution in [0, 0.1) is 5.92 Å². The Kier molecular flexibility index (Phi) is 4.32. The highest BCUT2D eigenvalue weighted by Gasteiger charge is 2.27. The van der Waals surface area contributed by atoms with Gasteiger partial charge in [0, 0.05) is 18.8 Å². The van der Waals surface area contributed by atoms with Gasteiger partial charge in [-0.3, -0.25) is 4.79 Å². The van der Waals surface area contributed by atoms with Gasteiger partial charge in [-0.05, 0) is 31.0 Å². The molecule has 1 aromatic heterocycles. The summed E-state index contributed by atoms with van der Waals surface area (Å²) in [5, 5.41) is 11.6. The minimum atomic E-state index is -2.69. The number of benzene rings is 1. The summed E-state index contributed by atoms with van der Waals surface area (Å²) in [6, 6.07) is 4.33. The van der Waals surface area contributed by atoms with Gasteiger partial charge in [0.25, 0.3) is 6.43 Å². The van der Waals surface area contributed by atoms with Crippen LogP contribution in [0.15, 0.2) is 18.2 Å². The number of carboxylic acid groups (broad SMARTS) is 1. The normalized spacial score (nSPS) is 15.9. The topological polar surface area (TPSA) is 98.3 Å². The number of H-pyrrole nitrogens is 1. The van der Waals surface area contributed by atoms with Gasteiger partial charge in [-0.1, -0.05) is 0 Å². The van der Waals surface area contributed by atoms with Crippen molar-refractivity contribution in [2.45, 2.75) is 19.3 Å². The van der Waals surface area contributed by atoms with Crippen molar-refractivity contribution in [3.8, 4) is 0 Å². The Morgan fingerprint density at radius 2 is 2.04 bits per heavy atom. The van der Waals surface area contributed by atoms with Crippen LogP contribution in [0.1, 0.15) is 25.1 Å². The van der Waals surface area contributed by atoms with E-state index in [1.54, 1.807) is 17.0 Å². The SMILES string of the molecule is O=C(O)C1CCN(C(=O)Nc2ccc3nc(C(F)F)[nH]c3c2)CC1. The molecular formula is C15H16F2N4O3. The fraction of sp³-hybridized carbons (Fsp3) is 0.400. The van der Waals surface area contributed by atoms with Crippen LogP contribution in [0.5, 0.6) is 0 Å². The number of anilines is 1. The summed E-state index contributed by atoms with van der Waals surface area (Å²) in [5.74, 6) is -1.66. The lowest BCUT2D eigenvalue weighted by Crippen LogP contribution is -2.42. The number of carbonyl (C=O) groups is 2. The maximum atomic E-state index is 12.6. The molecule has 0 unspecified atom stereocenters. The molecule has 0 radical (unpaired) electrons. The average molecular weight is 338 g/mol. The van der Waals surface area contributed by atoms with Crippen molar-refractivity contribution < 1.29 is 23.5 Å². The zero-order chi connectivity index (χ0) is 17.3. The third kappa shape index (κ3) is 3.29. The van der Waals surface area contributed by atoms with E-state index < -0.39 is 24.1 Å². The minimum absolute atomic E-state index is 0.341. The zero-order valence-electron chi connectivity index (χ0n) is 12.6. The second-order valence-electron chi connectivity index (χ2n) is 5.68. The second-order valence-corrected chi connectivity index (χ2v) is 5.68. The van der Waals surface area contributed by atoms with Crippen LogP contribution in [0.4, 0.5) is 19.3 Å². The smallest absolute Gasteiger partial charge is 0.321 e. The average Bonchev–Trinajstić information content (AvgIpc) is 2.98. The Bertz CT molecular complexity index is 769. The third-order valence-corrected chi connectivity index (χ3v) is 4.09. The summed E-state index contributed by atoms with van der Waals surface area (Å²) < 4.78 is 25.3. The number of piperidine rings is 1. The second kappa shape index (κ2) is 6.42. The Labute approximate surface area is 135 Å². The fourth-order valence-electron chi connectivity index (χ4n) is 2.74. The number of nitrogens with zero attached hydrogens (tertiary/aromatic N) is 2. The van der Waals surface area contributed by atoms with E-state index in [2.05, 4.69) is 15.3 Å². The molecule has 0 bridgehead atoms. The van der Waals surface area contributed by atoms with Crippen molar-refractivity contribution in [3.63, 3.8) is 0 Å². The van der Waals surface area contributed by atoms with E-state index in [0.29, 0.717) is 42.7 Å². The Morgan fingerprint density at radius 3 is 2.67 bits per heavy atom. The molecule has 1 aromatic carbocycles. The number of rotatable bonds is 3. The first-order valence-electron chi connectivity index (χ1n) is 7.50. The maximum absolute atomic E-state index is 12.6. The number of fused-ring (bicyclic) bond motifs is 1. The van der Waals surface area contributed by atoms with Crippen molar-refractivity contribution in [3.05, 3.63) is 24.0 Å². The first-order chi connectivity index (χ1) is 11.4. The maximum Gasteiger partial charge on any atom is 0.321 e. The monoisotopic (exact) mass is 338 g/mol. The molecule has 2 amide bonds. The van der Waals surface area contributed by atoms with Gasteiger partial charge in [-0.25, -0.2) is 18.6 Å². The number of urea groups is 1. The third-order valence-electron chi connectivity index (χ3n) is 4.09. The van der Waals surface area contributed by atoms with Crippen LogP contribution in [0.25, 0.3) is 11.0 Å². The first kappa shape index (κ1) is 16.2. The number of hydrogen-bond acceptors (Lipinski definition) is 3. The van der Waals surface area contributed by atoms with Gasteiger partial charge in [0.1, 0.15) is 0 Å². The Morgan fingerprint density at radius 1 is 1.33 bits per heavy atom. The Hall–Kier alpha value is -2.71. The predicted octanol–water partition coefficient (Wildman–Crippen LogP) is 2.83. The van der Waals surface area contributed by atoms with Crippen LogP contribution in [0.2, 0.25) is 0 Å². The van der Waals surface area contributed by atoms with Crippen molar-refractivity contribution >= 4 is 28.7 Å². The lowest BCUT2D eigenvalue weighted by Gasteiger charge is -2.30. The van der Waals surface area contributed by atoms with Gasteiger partial charge in [0.15, 0.2) is 5.82 Å². The van der Waals surface area contributed by atoms with Crippen molar-refractivity contribution in [1.82, 2.24) is 14.9 Å². The van der Waals surface area contributed by atoms with E-state index in [1.165, 1.54) is 6.07 Å². The molecule has 0 spiro atoms. The van der Waals surface area contributed by atoms with Gasteiger partial charge in [-0.15, -0.1) is 0 Å². The van der Waals surface area contributed by atoms with E-state index in [0.717, 1.165) is 0 Å². The number of carbonyl (C=O) groups excluding carboxylic acids is 1. The van der Waals surface area contributed by atoms with Crippen LogP contribution in [0.3, 0.4) is 0 Å². The Balaban J connectivity index is 1.66. The fourth-order valence-corrected chi connectivity index (χ4v) is 2.74. The predicted molar refractivity (Wildman–Crippen MR) is 82.0 cm³/mol. The summed E-state index contributed by atoms with van der Waals surface area (Å²) in [5.41, 5.74) is 1.26. The molecule has 2 heterocycles. The van der Waals surface area contributed by atoms with Gasteiger partial charge in [0.05, 0.1) is 17.0 Å². The molecule has 128 valence electrons. The molecule has 3 rings (SSSR count). The van der Waals surface area contributed by atoms with Gasteiger partial charge in [0.2, 0.25) is 0 Å². The molecule has 1 aliphatic heterocycles.